The number of rotatable bonds is 10. The van der Waals surface area contributed by atoms with Crippen LogP contribution in [0, 0.1) is 11.8 Å². The standard InChI is InChI=1S/C23H35N3O3/c1-6-23(19-10-8-7-9-11-19)21(28)26(22(29)24-23)16-20(27)25(14-12-17(2)3)15-13-18(4)5/h7-11,17-18H,6,12-16H2,1-5H3,(H,24,29). The number of nitrogens with one attached hydrogen (secondary N) is 1. The van der Waals surface area contributed by atoms with Gasteiger partial charge in [-0.25, -0.2) is 4.79 Å². The molecule has 160 valence electrons. The van der Waals surface area contributed by atoms with Gasteiger partial charge in [0.25, 0.3) is 5.91 Å². The number of nitrogens with zero attached hydrogens (tertiary/aromatic N) is 2. The third kappa shape index (κ3) is 5.37. The first kappa shape index (κ1) is 22.9. The fourth-order valence-corrected chi connectivity index (χ4v) is 3.56. The lowest BCUT2D eigenvalue weighted by Gasteiger charge is -2.27. The first-order valence-electron chi connectivity index (χ1n) is 10.7. The summed E-state index contributed by atoms with van der Waals surface area (Å²) in [5.74, 6) is 0.436. The van der Waals surface area contributed by atoms with Gasteiger partial charge in [-0.15, -0.1) is 0 Å². The van der Waals surface area contributed by atoms with Crippen LogP contribution in [0.25, 0.3) is 0 Å². The second-order valence-electron chi connectivity index (χ2n) is 8.69. The maximum absolute atomic E-state index is 13.2. The predicted molar refractivity (Wildman–Crippen MR) is 114 cm³/mol. The molecule has 6 heteroatoms. The first-order valence-corrected chi connectivity index (χ1v) is 10.7. The van der Waals surface area contributed by atoms with Gasteiger partial charge in [0.1, 0.15) is 12.1 Å². The molecule has 1 unspecified atom stereocenters. The number of imide groups is 1. The maximum atomic E-state index is 13.2. The molecule has 1 aliphatic rings. The number of carbonyl (C=O) groups excluding carboxylic acids is 3. The molecule has 6 nitrogen and oxygen atoms in total. The van der Waals surface area contributed by atoms with Crippen LogP contribution in [0.5, 0.6) is 0 Å². The second kappa shape index (κ2) is 9.90. The molecule has 1 aromatic carbocycles. The fraction of sp³-hybridized carbons (Fsp3) is 0.609. The van der Waals surface area contributed by atoms with Crippen LogP contribution in [0.1, 0.15) is 59.4 Å². The van der Waals surface area contributed by atoms with Crippen molar-refractivity contribution < 1.29 is 14.4 Å². The molecule has 4 amide bonds. The highest BCUT2D eigenvalue weighted by atomic mass is 16.2. The lowest BCUT2D eigenvalue weighted by Crippen LogP contribution is -2.46. The molecule has 1 saturated heterocycles. The lowest BCUT2D eigenvalue weighted by atomic mass is 9.87. The highest BCUT2D eigenvalue weighted by Crippen LogP contribution is 2.32. The fourth-order valence-electron chi connectivity index (χ4n) is 3.56. The number of carbonyl (C=O) groups is 3. The van der Waals surface area contributed by atoms with Crippen LogP contribution in [-0.2, 0) is 15.1 Å². The highest BCUT2D eigenvalue weighted by molar-refractivity contribution is 6.09. The third-order valence-electron chi connectivity index (χ3n) is 5.57. The van der Waals surface area contributed by atoms with Crippen LogP contribution in [0.15, 0.2) is 30.3 Å². The monoisotopic (exact) mass is 401 g/mol. The second-order valence-corrected chi connectivity index (χ2v) is 8.69. The molecule has 1 aliphatic heterocycles. The number of urea groups is 1. The van der Waals surface area contributed by atoms with E-state index in [1.165, 1.54) is 0 Å². The summed E-state index contributed by atoms with van der Waals surface area (Å²) in [6.45, 7) is 11.4. The predicted octanol–water partition coefficient (Wildman–Crippen LogP) is 3.76. The molecule has 1 N–H and O–H groups in total. The summed E-state index contributed by atoms with van der Waals surface area (Å²) in [5.41, 5.74) is -0.355. The Kier molecular flexibility index (Phi) is 7.82. The summed E-state index contributed by atoms with van der Waals surface area (Å²) in [6, 6.07) is 8.74. The quantitative estimate of drug-likeness (QED) is 0.607. The van der Waals surface area contributed by atoms with Crippen molar-refractivity contribution in [1.82, 2.24) is 15.1 Å². The van der Waals surface area contributed by atoms with Gasteiger partial charge in [0.15, 0.2) is 0 Å². The van der Waals surface area contributed by atoms with Crippen molar-refractivity contribution in [3.05, 3.63) is 35.9 Å². The smallest absolute Gasteiger partial charge is 0.325 e. The van der Waals surface area contributed by atoms with Gasteiger partial charge in [-0.3, -0.25) is 14.5 Å². The van der Waals surface area contributed by atoms with Crippen molar-refractivity contribution in [2.75, 3.05) is 19.6 Å². The van der Waals surface area contributed by atoms with Crippen molar-refractivity contribution in [3.63, 3.8) is 0 Å². The molecule has 0 aliphatic carbocycles. The van der Waals surface area contributed by atoms with Crippen molar-refractivity contribution in [2.24, 2.45) is 11.8 Å². The van der Waals surface area contributed by atoms with E-state index < -0.39 is 11.6 Å². The molecular formula is C23H35N3O3. The van der Waals surface area contributed by atoms with Gasteiger partial charge >= 0.3 is 6.03 Å². The molecule has 1 heterocycles. The number of hydrogen-bond donors (Lipinski definition) is 1. The Labute approximate surface area is 174 Å². The summed E-state index contributed by atoms with van der Waals surface area (Å²) in [6.07, 6.45) is 2.22. The molecule has 0 radical (unpaired) electrons. The molecule has 29 heavy (non-hydrogen) atoms. The summed E-state index contributed by atoms with van der Waals surface area (Å²) >= 11 is 0. The Bertz CT molecular complexity index is 705. The third-order valence-corrected chi connectivity index (χ3v) is 5.57. The minimum atomic E-state index is -1.10. The van der Waals surface area contributed by atoms with Crippen molar-refractivity contribution >= 4 is 17.8 Å². The van der Waals surface area contributed by atoms with Crippen LogP contribution < -0.4 is 5.32 Å². The van der Waals surface area contributed by atoms with E-state index in [1.807, 2.05) is 37.3 Å². The zero-order valence-corrected chi connectivity index (χ0v) is 18.4. The highest BCUT2D eigenvalue weighted by Gasteiger charge is 2.51. The molecule has 1 aromatic rings. The van der Waals surface area contributed by atoms with Crippen LogP contribution in [0.4, 0.5) is 4.79 Å². The molecule has 1 fully saturated rings. The zero-order valence-electron chi connectivity index (χ0n) is 18.4. The largest absolute Gasteiger partial charge is 0.341 e. The van der Waals surface area contributed by atoms with Gasteiger partial charge in [0.05, 0.1) is 0 Å². The topological polar surface area (TPSA) is 69.7 Å². The van der Waals surface area contributed by atoms with E-state index in [-0.39, 0.29) is 18.4 Å². The molecule has 0 spiro atoms. The van der Waals surface area contributed by atoms with Crippen molar-refractivity contribution in [3.8, 4) is 0 Å². The zero-order chi connectivity index (χ0) is 21.6. The van der Waals surface area contributed by atoms with Crippen LogP contribution in [0.3, 0.4) is 0 Å². The summed E-state index contributed by atoms with van der Waals surface area (Å²) in [4.78, 5) is 41.8. The molecular weight excluding hydrogens is 366 g/mol. The van der Waals surface area contributed by atoms with Gasteiger partial charge in [0.2, 0.25) is 5.91 Å². The number of benzene rings is 1. The van der Waals surface area contributed by atoms with Crippen LogP contribution >= 0.6 is 0 Å². The Morgan fingerprint density at radius 1 is 1.03 bits per heavy atom. The normalized spacial score (nSPS) is 19.2. The Hall–Kier alpha value is -2.37. The van der Waals surface area contributed by atoms with E-state index in [9.17, 15) is 14.4 Å². The molecule has 0 bridgehead atoms. The van der Waals surface area contributed by atoms with Gasteiger partial charge in [-0.2, -0.15) is 0 Å². The first-order chi connectivity index (χ1) is 13.7. The van der Waals surface area contributed by atoms with Gasteiger partial charge in [0, 0.05) is 13.1 Å². The van der Waals surface area contributed by atoms with Crippen molar-refractivity contribution in [2.45, 2.75) is 59.4 Å². The molecule has 0 aromatic heterocycles. The Morgan fingerprint density at radius 3 is 2.07 bits per heavy atom. The number of amides is 4. The van der Waals surface area contributed by atoms with Crippen LogP contribution in [0.2, 0.25) is 0 Å². The Balaban J connectivity index is 2.17. The lowest BCUT2D eigenvalue weighted by molar-refractivity contribution is -0.139. The van der Waals surface area contributed by atoms with E-state index >= 15 is 0 Å². The summed E-state index contributed by atoms with van der Waals surface area (Å²) < 4.78 is 0. The SMILES string of the molecule is CCC1(c2ccccc2)NC(=O)N(CC(=O)N(CCC(C)C)CCC(C)C)C1=O. The average molecular weight is 402 g/mol. The van der Waals surface area contributed by atoms with Crippen molar-refractivity contribution in [1.29, 1.82) is 0 Å². The molecule has 2 rings (SSSR count). The van der Waals surface area contributed by atoms with E-state index in [1.54, 1.807) is 4.90 Å². The summed E-state index contributed by atoms with van der Waals surface area (Å²) in [7, 11) is 0. The van der Waals surface area contributed by atoms with Gasteiger partial charge in [-0.1, -0.05) is 65.0 Å². The van der Waals surface area contributed by atoms with E-state index in [4.69, 9.17) is 0 Å². The van der Waals surface area contributed by atoms with E-state index in [2.05, 4.69) is 33.0 Å². The van der Waals surface area contributed by atoms with E-state index in [0.29, 0.717) is 31.3 Å². The van der Waals surface area contributed by atoms with Gasteiger partial charge < -0.3 is 10.2 Å². The Morgan fingerprint density at radius 2 is 1.59 bits per heavy atom. The minimum absolute atomic E-state index is 0.172. The summed E-state index contributed by atoms with van der Waals surface area (Å²) in [5, 5.41) is 2.84. The maximum Gasteiger partial charge on any atom is 0.325 e. The van der Waals surface area contributed by atoms with Gasteiger partial charge in [-0.05, 0) is 36.7 Å². The minimum Gasteiger partial charge on any atom is -0.341 e. The molecule has 0 saturated carbocycles. The number of hydrogen-bond acceptors (Lipinski definition) is 3. The molecule has 1 atom stereocenters. The van der Waals surface area contributed by atoms with Crippen LogP contribution in [-0.4, -0.2) is 47.3 Å². The average Bonchev–Trinajstić information content (AvgIpc) is 2.93. The van der Waals surface area contributed by atoms with E-state index in [0.717, 1.165) is 23.3 Å².